The molecule has 7 heteroatoms. The summed E-state index contributed by atoms with van der Waals surface area (Å²) in [5, 5.41) is 3.36. The largest absolute Gasteiger partial charge is 0.401 e. The van der Waals surface area contributed by atoms with Crippen LogP contribution in [-0.2, 0) is 0 Å². The van der Waals surface area contributed by atoms with E-state index >= 15 is 0 Å². The minimum Gasteiger partial charge on any atom is -0.356 e. The molecule has 1 saturated heterocycles. The zero-order valence-corrected chi connectivity index (χ0v) is 15.8. The highest BCUT2D eigenvalue weighted by atomic mass is 19.4. The Morgan fingerprint density at radius 2 is 1.84 bits per heavy atom. The monoisotopic (exact) mass is 362 g/mol. The van der Waals surface area contributed by atoms with E-state index in [-0.39, 0.29) is 5.92 Å². The van der Waals surface area contributed by atoms with E-state index in [1.165, 1.54) is 30.6 Å². The van der Waals surface area contributed by atoms with Crippen LogP contribution in [0.25, 0.3) is 0 Å². The van der Waals surface area contributed by atoms with Crippen molar-refractivity contribution in [2.75, 3.05) is 46.8 Å². The third kappa shape index (κ3) is 7.04. The van der Waals surface area contributed by atoms with Gasteiger partial charge in [-0.05, 0) is 43.6 Å². The first-order chi connectivity index (χ1) is 11.8. The van der Waals surface area contributed by atoms with Crippen LogP contribution in [-0.4, -0.2) is 68.8 Å². The Bertz CT molecular complexity index is 431. The maximum atomic E-state index is 12.5. The summed E-state index contributed by atoms with van der Waals surface area (Å²) in [6, 6.07) is 0. The van der Waals surface area contributed by atoms with E-state index in [2.05, 4.69) is 29.2 Å². The fourth-order valence-electron chi connectivity index (χ4n) is 4.08. The van der Waals surface area contributed by atoms with Crippen LogP contribution < -0.4 is 5.32 Å². The normalized spacial score (nSPS) is 29.0. The number of likely N-dealkylation sites (tertiary alicyclic amines) is 1. The fraction of sp³-hybridized carbons (Fsp3) is 0.944. The molecule has 0 aromatic heterocycles. The molecule has 1 atom stereocenters. The molecule has 2 aliphatic rings. The molecule has 0 radical (unpaired) electrons. The SMILES string of the molecule is CN=C(NCC1CCN(CC(F)(F)F)C1)N(C)CC1CCC(C)CC1. The summed E-state index contributed by atoms with van der Waals surface area (Å²) < 4.78 is 37.4. The van der Waals surface area contributed by atoms with Gasteiger partial charge in [0.2, 0.25) is 0 Å². The first-order valence-corrected chi connectivity index (χ1v) is 9.47. The number of nitrogens with one attached hydrogen (secondary N) is 1. The Kier molecular flexibility index (Phi) is 7.40. The molecule has 0 spiro atoms. The first kappa shape index (κ1) is 20.3. The molecular formula is C18H33F3N4. The number of halogens is 3. The van der Waals surface area contributed by atoms with Crippen LogP contribution in [0.5, 0.6) is 0 Å². The molecule has 1 heterocycles. The van der Waals surface area contributed by atoms with Crippen molar-refractivity contribution in [2.24, 2.45) is 22.7 Å². The first-order valence-electron chi connectivity index (χ1n) is 9.47. The number of nitrogens with zero attached hydrogens (tertiary/aromatic N) is 3. The molecule has 0 amide bonds. The quantitative estimate of drug-likeness (QED) is 0.602. The Labute approximate surface area is 149 Å². The number of hydrogen-bond donors (Lipinski definition) is 1. The lowest BCUT2D eigenvalue weighted by Crippen LogP contribution is -2.43. The molecule has 0 bridgehead atoms. The fourth-order valence-corrected chi connectivity index (χ4v) is 4.08. The van der Waals surface area contributed by atoms with Crippen LogP contribution in [0.4, 0.5) is 13.2 Å². The van der Waals surface area contributed by atoms with E-state index in [1.54, 1.807) is 7.05 Å². The van der Waals surface area contributed by atoms with Crippen molar-refractivity contribution >= 4 is 5.96 Å². The van der Waals surface area contributed by atoms with E-state index in [4.69, 9.17) is 0 Å². The summed E-state index contributed by atoms with van der Waals surface area (Å²) in [6.07, 6.45) is 1.87. The van der Waals surface area contributed by atoms with Crippen molar-refractivity contribution in [1.82, 2.24) is 15.1 Å². The predicted molar refractivity (Wildman–Crippen MR) is 95.7 cm³/mol. The van der Waals surface area contributed by atoms with Gasteiger partial charge in [-0.2, -0.15) is 13.2 Å². The Morgan fingerprint density at radius 3 is 2.44 bits per heavy atom. The lowest BCUT2D eigenvalue weighted by atomic mass is 9.83. The van der Waals surface area contributed by atoms with Crippen LogP contribution in [0.15, 0.2) is 4.99 Å². The second-order valence-corrected chi connectivity index (χ2v) is 7.94. The summed E-state index contributed by atoms with van der Waals surface area (Å²) >= 11 is 0. The van der Waals surface area contributed by atoms with Gasteiger partial charge in [0.25, 0.3) is 0 Å². The molecule has 1 aliphatic heterocycles. The van der Waals surface area contributed by atoms with Crippen molar-refractivity contribution in [3.8, 4) is 0 Å². The van der Waals surface area contributed by atoms with Gasteiger partial charge in [0.15, 0.2) is 5.96 Å². The summed E-state index contributed by atoms with van der Waals surface area (Å²) in [5.74, 6) is 2.67. The molecule has 25 heavy (non-hydrogen) atoms. The Hall–Kier alpha value is -0.980. The molecule has 1 N–H and O–H groups in total. The zero-order valence-electron chi connectivity index (χ0n) is 15.8. The predicted octanol–water partition coefficient (Wildman–Crippen LogP) is 3.20. The third-order valence-corrected chi connectivity index (χ3v) is 5.56. The minimum atomic E-state index is -4.10. The van der Waals surface area contributed by atoms with E-state index in [1.807, 2.05) is 0 Å². The van der Waals surface area contributed by atoms with Crippen LogP contribution in [0.1, 0.15) is 39.0 Å². The van der Waals surface area contributed by atoms with Crippen molar-refractivity contribution < 1.29 is 13.2 Å². The summed E-state index contributed by atoms with van der Waals surface area (Å²) in [5.41, 5.74) is 0. The van der Waals surface area contributed by atoms with Gasteiger partial charge in [-0.3, -0.25) is 9.89 Å². The lowest BCUT2D eigenvalue weighted by molar-refractivity contribution is -0.143. The van der Waals surface area contributed by atoms with E-state index in [0.717, 1.165) is 24.8 Å². The van der Waals surface area contributed by atoms with Gasteiger partial charge < -0.3 is 10.2 Å². The molecule has 1 aliphatic carbocycles. The van der Waals surface area contributed by atoms with E-state index in [9.17, 15) is 13.2 Å². The zero-order chi connectivity index (χ0) is 18.4. The van der Waals surface area contributed by atoms with Gasteiger partial charge in [-0.1, -0.05) is 19.8 Å². The topological polar surface area (TPSA) is 30.9 Å². The molecular weight excluding hydrogens is 329 g/mol. The number of guanidine groups is 1. The molecule has 1 saturated carbocycles. The maximum absolute atomic E-state index is 12.5. The van der Waals surface area contributed by atoms with Gasteiger partial charge in [0, 0.05) is 33.7 Å². The van der Waals surface area contributed by atoms with E-state index in [0.29, 0.717) is 25.6 Å². The second kappa shape index (κ2) is 9.10. The van der Waals surface area contributed by atoms with Gasteiger partial charge in [-0.15, -0.1) is 0 Å². The van der Waals surface area contributed by atoms with Gasteiger partial charge >= 0.3 is 6.18 Å². The minimum absolute atomic E-state index is 0.253. The maximum Gasteiger partial charge on any atom is 0.401 e. The average molecular weight is 362 g/mol. The van der Waals surface area contributed by atoms with Crippen molar-refractivity contribution in [3.63, 3.8) is 0 Å². The Balaban J connectivity index is 1.71. The van der Waals surface area contributed by atoms with Crippen LogP contribution >= 0.6 is 0 Å². The Morgan fingerprint density at radius 1 is 1.16 bits per heavy atom. The highest BCUT2D eigenvalue weighted by molar-refractivity contribution is 5.79. The molecule has 146 valence electrons. The number of hydrogen-bond acceptors (Lipinski definition) is 2. The molecule has 2 rings (SSSR count). The van der Waals surface area contributed by atoms with Gasteiger partial charge in [0.05, 0.1) is 6.54 Å². The van der Waals surface area contributed by atoms with Gasteiger partial charge in [0.1, 0.15) is 0 Å². The van der Waals surface area contributed by atoms with Crippen molar-refractivity contribution in [3.05, 3.63) is 0 Å². The molecule has 2 fully saturated rings. The van der Waals surface area contributed by atoms with Gasteiger partial charge in [-0.25, -0.2) is 0 Å². The van der Waals surface area contributed by atoms with Crippen LogP contribution in [0.3, 0.4) is 0 Å². The smallest absolute Gasteiger partial charge is 0.356 e. The summed E-state index contributed by atoms with van der Waals surface area (Å²) in [7, 11) is 3.82. The third-order valence-electron chi connectivity index (χ3n) is 5.56. The summed E-state index contributed by atoms with van der Waals surface area (Å²) in [4.78, 5) is 8.02. The summed E-state index contributed by atoms with van der Waals surface area (Å²) in [6.45, 7) is 4.25. The number of alkyl halides is 3. The molecule has 0 aromatic carbocycles. The van der Waals surface area contributed by atoms with Crippen molar-refractivity contribution in [1.29, 1.82) is 0 Å². The molecule has 4 nitrogen and oxygen atoms in total. The second-order valence-electron chi connectivity index (χ2n) is 7.94. The van der Waals surface area contributed by atoms with Crippen LogP contribution in [0.2, 0.25) is 0 Å². The highest BCUT2D eigenvalue weighted by Crippen LogP contribution is 2.28. The van der Waals surface area contributed by atoms with Crippen molar-refractivity contribution in [2.45, 2.75) is 45.2 Å². The molecule has 0 aromatic rings. The van der Waals surface area contributed by atoms with E-state index < -0.39 is 12.7 Å². The number of aliphatic imine (C=N–C) groups is 1. The average Bonchev–Trinajstić information content (AvgIpc) is 2.95. The lowest BCUT2D eigenvalue weighted by Gasteiger charge is -2.31. The standard InChI is InChI=1S/C18H33F3N4/c1-14-4-6-15(7-5-14)11-24(3)17(22-2)23-10-16-8-9-25(12-16)13-18(19,20)21/h14-16H,4-13H2,1-3H3,(H,22,23). The highest BCUT2D eigenvalue weighted by Gasteiger charge is 2.34. The number of rotatable bonds is 5. The van der Waals surface area contributed by atoms with Crippen LogP contribution in [0, 0.1) is 17.8 Å². The molecule has 1 unspecified atom stereocenters.